The van der Waals surface area contributed by atoms with Crippen LogP contribution in [0.1, 0.15) is 5.76 Å². The Bertz CT molecular complexity index is 494. The Hall–Kier alpha value is -1.81. The number of hydrogen-bond donors (Lipinski definition) is 1. The first-order chi connectivity index (χ1) is 7.70. The van der Waals surface area contributed by atoms with Gasteiger partial charge in [0.15, 0.2) is 0 Å². The van der Waals surface area contributed by atoms with Crippen molar-refractivity contribution in [1.29, 1.82) is 0 Å². The molecule has 0 saturated carbocycles. The third-order valence-corrected chi connectivity index (χ3v) is 2.21. The highest BCUT2D eigenvalue weighted by atomic mass is 19.1. The molecule has 0 amide bonds. The average molecular weight is 221 g/mol. The number of nitrogens with two attached hydrogens (primary N) is 1. The molecule has 1 heterocycles. The van der Waals surface area contributed by atoms with Gasteiger partial charge in [0.25, 0.3) is 0 Å². The molecule has 0 bridgehead atoms. The van der Waals surface area contributed by atoms with E-state index < -0.39 is 5.82 Å². The lowest BCUT2D eigenvalue weighted by Gasteiger charge is -2.00. The number of rotatable bonds is 3. The lowest BCUT2D eigenvalue weighted by Crippen LogP contribution is -1.88. The molecule has 3 nitrogen and oxygen atoms in total. The van der Waals surface area contributed by atoms with Gasteiger partial charge in [-0.2, -0.15) is 0 Å². The van der Waals surface area contributed by atoms with Gasteiger partial charge in [-0.1, -0.05) is 0 Å². The molecule has 0 unspecified atom stereocenters. The maximum Gasteiger partial charge on any atom is 0.137 e. The number of hydrogen-bond acceptors (Lipinski definition) is 3. The van der Waals surface area contributed by atoms with E-state index in [2.05, 4.69) is 0 Å². The Kier molecular flexibility index (Phi) is 2.92. The van der Waals surface area contributed by atoms with Crippen LogP contribution in [0.4, 0.5) is 10.1 Å². The summed E-state index contributed by atoms with van der Waals surface area (Å²) in [6, 6.07) is 7.97. The highest BCUT2D eigenvalue weighted by Crippen LogP contribution is 2.26. The summed E-state index contributed by atoms with van der Waals surface area (Å²) in [7, 11) is 1.58. The van der Waals surface area contributed by atoms with Gasteiger partial charge in [0.1, 0.15) is 23.9 Å². The third-order valence-electron chi connectivity index (χ3n) is 2.21. The van der Waals surface area contributed by atoms with Crippen molar-refractivity contribution in [1.82, 2.24) is 0 Å². The van der Waals surface area contributed by atoms with Gasteiger partial charge in [-0.3, -0.25) is 0 Å². The topological polar surface area (TPSA) is 48.4 Å². The number of ether oxygens (including phenoxy) is 1. The fourth-order valence-electron chi connectivity index (χ4n) is 1.47. The molecular formula is C12H12FNO2. The van der Waals surface area contributed by atoms with Gasteiger partial charge in [0.2, 0.25) is 0 Å². The molecule has 1 aromatic heterocycles. The monoisotopic (exact) mass is 221 g/mol. The molecule has 0 aliphatic heterocycles. The molecule has 0 atom stereocenters. The van der Waals surface area contributed by atoms with Crippen LogP contribution in [0.3, 0.4) is 0 Å². The van der Waals surface area contributed by atoms with Crippen molar-refractivity contribution in [3.8, 4) is 11.3 Å². The summed E-state index contributed by atoms with van der Waals surface area (Å²) >= 11 is 0. The lowest BCUT2D eigenvalue weighted by atomic mass is 10.1. The Morgan fingerprint density at radius 3 is 2.81 bits per heavy atom. The van der Waals surface area contributed by atoms with E-state index in [1.165, 1.54) is 6.07 Å². The Labute approximate surface area is 92.6 Å². The molecule has 0 radical (unpaired) electrons. The number of benzene rings is 1. The minimum absolute atomic E-state index is 0.372. The third kappa shape index (κ3) is 2.06. The van der Waals surface area contributed by atoms with Crippen LogP contribution in [0, 0.1) is 5.82 Å². The minimum Gasteiger partial charge on any atom is -0.459 e. The summed E-state index contributed by atoms with van der Waals surface area (Å²) in [6.07, 6.45) is 0. The summed E-state index contributed by atoms with van der Waals surface area (Å²) in [6.45, 7) is 0.372. The first kappa shape index (κ1) is 10.7. The van der Waals surface area contributed by atoms with Crippen molar-refractivity contribution in [2.75, 3.05) is 12.8 Å². The van der Waals surface area contributed by atoms with Crippen LogP contribution in [0.15, 0.2) is 34.7 Å². The van der Waals surface area contributed by atoms with E-state index >= 15 is 0 Å². The molecule has 0 saturated heterocycles. The summed E-state index contributed by atoms with van der Waals surface area (Å²) < 4.78 is 23.9. The zero-order valence-electron chi connectivity index (χ0n) is 8.87. The predicted octanol–water partition coefficient (Wildman–Crippen LogP) is 2.81. The number of nitrogen functional groups attached to an aromatic ring is 1. The largest absolute Gasteiger partial charge is 0.459 e. The summed E-state index contributed by atoms with van der Waals surface area (Å²) in [4.78, 5) is 0. The van der Waals surface area contributed by atoms with E-state index in [9.17, 15) is 4.39 Å². The molecule has 2 rings (SSSR count). The van der Waals surface area contributed by atoms with Gasteiger partial charge in [-0.15, -0.1) is 0 Å². The fraction of sp³-hybridized carbons (Fsp3) is 0.167. The molecule has 0 aliphatic carbocycles. The predicted molar refractivity (Wildman–Crippen MR) is 59.2 cm³/mol. The Morgan fingerprint density at radius 2 is 2.12 bits per heavy atom. The lowest BCUT2D eigenvalue weighted by molar-refractivity contribution is 0.165. The van der Waals surface area contributed by atoms with Crippen LogP contribution in [0.25, 0.3) is 11.3 Å². The molecule has 84 valence electrons. The van der Waals surface area contributed by atoms with E-state index in [1.807, 2.05) is 0 Å². The smallest absolute Gasteiger partial charge is 0.137 e. The summed E-state index contributed by atoms with van der Waals surface area (Å²) in [5.74, 6) is 0.747. The first-order valence-electron chi connectivity index (χ1n) is 4.84. The maximum absolute atomic E-state index is 13.6. The van der Waals surface area contributed by atoms with Crippen LogP contribution < -0.4 is 5.73 Å². The van der Waals surface area contributed by atoms with Gasteiger partial charge in [0, 0.05) is 12.8 Å². The van der Waals surface area contributed by atoms with Crippen molar-refractivity contribution in [2.45, 2.75) is 6.61 Å². The van der Waals surface area contributed by atoms with E-state index in [0.29, 0.717) is 29.4 Å². The first-order valence-corrected chi connectivity index (χ1v) is 4.84. The van der Waals surface area contributed by atoms with Crippen LogP contribution in [0.2, 0.25) is 0 Å². The highest BCUT2D eigenvalue weighted by Gasteiger charge is 2.09. The van der Waals surface area contributed by atoms with Crippen LogP contribution in [0.5, 0.6) is 0 Å². The van der Waals surface area contributed by atoms with Crippen molar-refractivity contribution in [3.63, 3.8) is 0 Å². The molecule has 16 heavy (non-hydrogen) atoms. The average Bonchev–Trinajstić information content (AvgIpc) is 2.67. The number of methoxy groups -OCH3 is 1. The van der Waals surface area contributed by atoms with E-state index in [0.717, 1.165) is 0 Å². The molecular weight excluding hydrogens is 209 g/mol. The van der Waals surface area contributed by atoms with Crippen molar-refractivity contribution < 1.29 is 13.5 Å². The van der Waals surface area contributed by atoms with Gasteiger partial charge in [-0.05, 0) is 30.3 Å². The van der Waals surface area contributed by atoms with Crippen molar-refractivity contribution in [2.24, 2.45) is 0 Å². The van der Waals surface area contributed by atoms with E-state index in [-0.39, 0.29) is 0 Å². The van der Waals surface area contributed by atoms with Gasteiger partial charge in [-0.25, -0.2) is 4.39 Å². The standard InChI is InChI=1S/C12H12FNO2/c1-15-7-9-3-5-12(16-9)10-4-2-8(14)6-11(10)13/h2-6H,7,14H2,1H3. The van der Waals surface area contributed by atoms with Gasteiger partial charge in [0.05, 0.1) is 5.56 Å². The molecule has 2 aromatic rings. The Morgan fingerprint density at radius 1 is 1.31 bits per heavy atom. The number of anilines is 1. The zero-order valence-corrected chi connectivity index (χ0v) is 8.87. The second-order valence-electron chi connectivity index (χ2n) is 3.44. The molecule has 4 heteroatoms. The van der Waals surface area contributed by atoms with Crippen molar-refractivity contribution >= 4 is 5.69 Å². The van der Waals surface area contributed by atoms with Gasteiger partial charge < -0.3 is 14.9 Å². The van der Waals surface area contributed by atoms with E-state index in [4.69, 9.17) is 14.9 Å². The maximum atomic E-state index is 13.6. The quantitative estimate of drug-likeness (QED) is 0.811. The van der Waals surface area contributed by atoms with Crippen LogP contribution >= 0.6 is 0 Å². The SMILES string of the molecule is COCc1ccc(-c2ccc(N)cc2F)o1. The molecule has 0 aliphatic rings. The summed E-state index contributed by atoms with van der Waals surface area (Å²) in [5.41, 5.74) is 6.26. The summed E-state index contributed by atoms with van der Waals surface area (Å²) in [5, 5.41) is 0. The number of furan rings is 1. The Balaban J connectivity index is 2.35. The number of halogens is 1. The van der Waals surface area contributed by atoms with Crippen LogP contribution in [-0.2, 0) is 11.3 Å². The second kappa shape index (κ2) is 4.37. The van der Waals surface area contributed by atoms with Crippen LogP contribution in [-0.4, -0.2) is 7.11 Å². The zero-order chi connectivity index (χ0) is 11.5. The highest BCUT2D eigenvalue weighted by molar-refractivity contribution is 5.61. The molecule has 0 fully saturated rings. The normalized spacial score (nSPS) is 10.6. The van der Waals surface area contributed by atoms with Crippen molar-refractivity contribution in [3.05, 3.63) is 41.9 Å². The fourth-order valence-corrected chi connectivity index (χ4v) is 1.47. The molecule has 1 aromatic carbocycles. The second-order valence-corrected chi connectivity index (χ2v) is 3.44. The molecule has 2 N–H and O–H groups in total. The minimum atomic E-state index is -0.390. The molecule has 0 spiro atoms. The van der Waals surface area contributed by atoms with Gasteiger partial charge >= 0.3 is 0 Å². The van der Waals surface area contributed by atoms with E-state index in [1.54, 1.807) is 31.4 Å².